The molecule has 3 rings (SSSR count). The molecule has 1 atom stereocenters. The summed E-state index contributed by atoms with van der Waals surface area (Å²) in [6.45, 7) is 5.91. The van der Waals surface area contributed by atoms with E-state index < -0.39 is 6.04 Å². The molecular formula is C22H23N3O2. The molecule has 2 aromatic carbocycles. The fourth-order valence-corrected chi connectivity index (χ4v) is 2.88. The molecule has 2 amide bonds. The summed E-state index contributed by atoms with van der Waals surface area (Å²) in [5, 5.41) is 6.50. The van der Waals surface area contributed by atoms with Crippen molar-refractivity contribution in [1.29, 1.82) is 0 Å². The molecule has 0 spiro atoms. The zero-order valence-electron chi connectivity index (χ0n) is 15.7. The third-order valence-electron chi connectivity index (χ3n) is 4.46. The number of hydrogen-bond donors (Lipinski definition) is 2. The van der Waals surface area contributed by atoms with Crippen molar-refractivity contribution < 1.29 is 9.59 Å². The lowest BCUT2D eigenvalue weighted by Crippen LogP contribution is -2.44. The molecule has 27 heavy (non-hydrogen) atoms. The Morgan fingerprint density at radius 2 is 1.78 bits per heavy atom. The van der Waals surface area contributed by atoms with E-state index in [1.165, 1.54) is 0 Å². The van der Waals surface area contributed by atoms with Crippen LogP contribution in [-0.2, 0) is 11.3 Å². The van der Waals surface area contributed by atoms with Crippen LogP contribution in [-0.4, -0.2) is 22.8 Å². The molecule has 0 bridgehead atoms. The van der Waals surface area contributed by atoms with E-state index in [-0.39, 0.29) is 11.8 Å². The predicted molar refractivity (Wildman–Crippen MR) is 106 cm³/mol. The number of rotatable bonds is 5. The molecule has 0 saturated carbocycles. The number of benzene rings is 2. The van der Waals surface area contributed by atoms with Crippen molar-refractivity contribution in [2.45, 2.75) is 33.4 Å². The predicted octanol–water partition coefficient (Wildman–Crippen LogP) is 3.29. The molecule has 5 heteroatoms. The first kappa shape index (κ1) is 18.6. The zero-order valence-corrected chi connectivity index (χ0v) is 15.7. The molecule has 0 fully saturated rings. The summed E-state index contributed by atoms with van der Waals surface area (Å²) >= 11 is 0. The van der Waals surface area contributed by atoms with Crippen LogP contribution in [0.5, 0.6) is 0 Å². The van der Waals surface area contributed by atoms with Crippen LogP contribution in [0, 0.1) is 13.8 Å². The third kappa shape index (κ3) is 4.50. The standard InChI is InChI=1S/C22H23N3O2/c1-14-9-10-18-12-19(15(2)24-20(18)11-14)22(27)25-16(3)21(26)23-13-17-7-5-4-6-8-17/h4-12,16H,13H2,1-3H3,(H,23,26)(H,25,27). The van der Waals surface area contributed by atoms with Crippen molar-refractivity contribution in [3.05, 3.63) is 77.0 Å². The first-order valence-electron chi connectivity index (χ1n) is 8.94. The average molecular weight is 361 g/mol. The number of aromatic nitrogens is 1. The lowest BCUT2D eigenvalue weighted by Gasteiger charge is -2.15. The van der Waals surface area contributed by atoms with Crippen molar-refractivity contribution >= 4 is 22.7 Å². The molecule has 0 aliphatic carbocycles. The van der Waals surface area contributed by atoms with Gasteiger partial charge in [0.2, 0.25) is 5.91 Å². The molecule has 138 valence electrons. The Labute approximate surface area is 158 Å². The maximum absolute atomic E-state index is 12.6. The van der Waals surface area contributed by atoms with Crippen LogP contribution in [0.3, 0.4) is 0 Å². The van der Waals surface area contributed by atoms with E-state index in [9.17, 15) is 9.59 Å². The monoisotopic (exact) mass is 361 g/mol. The van der Waals surface area contributed by atoms with E-state index in [1.54, 1.807) is 13.8 Å². The van der Waals surface area contributed by atoms with E-state index in [0.29, 0.717) is 17.8 Å². The minimum absolute atomic E-state index is 0.228. The van der Waals surface area contributed by atoms with E-state index in [4.69, 9.17) is 0 Å². The Balaban J connectivity index is 1.67. The van der Waals surface area contributed by atoms with Crippen molar-refractivity contribution in [2.75, 3.05) is 0 Å². The van der Waals surface area contributed by atoms with Crippen molar-refractivity contribution in [2.24, 2.45) is 0 Å². The Hall–Kier alpha value is -3.21. The molecule has 0 radical (unpaired) electrons. The quantitative estimate of drug-likeness (QED) is 0.733. The maximum Gasteiger partial charge on any atom is 0.253 e. The van der Waals surface area contributed by atoms with Gasteiger partial charge in [-0.1, -0.05) is 42.5 Å². The summed E-state index contributed by atoms with van der Waals surface area (Å²) in [5.41, 5.74) is 4.11. The number of carbonyl (C=O) groups is 2. The number of pyridine rings is 1. The molecule has 3 aromatic rings. The number of hydrogen-bond acceptors (Lipinski definition) is 3. The molecule has 1 heterocycles. The number of nitrogens with one attached hydrogen (secondary N) is 2. The normalized spacial score (nSPS) is 11.8. The number of nitrogens with zero attached hydrogens (tertiary/aromatic N) is 1. The zero-order chi connectivity index (χ0) is 19.4. The maximum atomic E-state index is 12.6. The van der Waals surface area contributed by atoms with Crippen molar-refractivity contribution in [1.82, 2.24) is 15.6 Å². The van der Waals surface area contributed by atoms with E-state index >= 15 is 0 Å². The molecule has 2 N–H and O–H groups in total. The van der Waals surface area contributed by atoms with Gasteiger partial charge in [0.1, 0.15) is 6.04 Å². The lowest BCUT2D eigenvalue weighted by molar-refractivity contribution is -0.122. The number of carbonyl (C=O) groups excluding carboxylic acids is 2. The fraction of sp³-hybridized carbons (Fsp3) is 0.227. The Bertz CT molecular complexity index is 984. The molecule has 1 aromatic heterocycles. The number of aryl methyl sites for hydroxylation is 2. The highest BCUT2D eigenvalue weighted by Crippen LogP contribution is 2.18. The Kier molecular flexibility index (Phi) is 5.50. The number of amides is 2. The van der Waals surface area contributed by atoms with E-state index in [2.05, 4.69) is 15.6 Å². The van der Waals surface area contributed by atoms with Crippen molar-refractivity contribution in [3.8, 4) is 0 Å². The first-order chi connectivity index (χ1) is 12.9. The Morgan fingerprint density at radius 1 is 1.04 bits per heavy atom. The van der Waals surface area contributed by atoms with Gasteiger partial charge < -0.3 is 10.6 Å². The second kappa shape index (κ2) is 7.99. The van der Waals surface area contributed by atoms with Gasteiger partial charge in [0.25, 0.3) is 5.91 Å². The van der Waals surface area contributed by atoms with Crippen LogP contribution in [0.15, 0.2) is 54.6 Å². The molecule has 5 nitrogen and oxygen atoms in total. The van der Waals surface area contributed by atoms with Gasteiger partial charge in [-0.25, -0.2) is 0 Å². The van der Waals surface area contributed by atoms with Gasteiger partial charge in [-0.2, -0.15) is 0 Å². The summed E-state index contributed by atoms with van der Waals surface area (Å²) in [5.74, 6) is -0.529. The summed E-state index contributed by atoms with van der Waals surface area (Å²) in [6, 6.07) is 16.7. The highest BCUT2D eigenvalue weighted by molar-refractivity contribution is 6.00. The van der Waals surface area contributed by atoms with E-state index in [0.717, 1.165) is 22.0 Å². The highest BCUT2D eigenvalue weighted by atomic mass is 16.2. The minimum atomic E-state index is -0.644. The van der Waals surface area contributed by atoms with Crippen LogP contribution in [0.4, 0.5) is 0 Å². The Morgan fingerprint density at radius 3 is 2.52 bits per heavy atom. The fourth-order valence-electron chi connectivity index (χ4n) is 2.88. The first-order valence-corrected chi connectivity index (χ1v) is 8.94. The highest BCUT2D eigenvalue weighted by Gasteiger charge is 2.18. The molecule has 0 saturated heterocycles. The average Bonchev–Trinajstić information content (AvgIpc) is 2.66. The largest absolute Gasteiger partial charge is 0.350 e. The van der Waals surface area contributed by atoms with Gasteiger partial charge >= 0.3 is 0 Å². The molecule has 0 aliphatic heterocycles. The van der Waals surface area contributed by atoms with Crippen LogP contribution in [0.2, 0.25) is 0 Å². The summed E-state index contributed by atoms with van der Waals surface area (Å²) in [4.78, 5) is 29.4. The number of fused-ring (bicyclic) bond motifs is 1. The smallest absolute Gasteiger partial charge is 0.253 e. The molecule has 0 aliphatic rings. The van der Waals surface area contributed by atoms with Crippen LogP contribution >= 0.6 is 0 Å². The molecular weight excluding hydrogens is 338 g/mol. The lowest BCUT2D eigenvalue weighted by atomic mass is 10.1. The van der Waals surface area contributed by atoms with Gasteiger partial charge in [-0.3, -0.25) is 14.6 Å². The minimum Gasteiger partial charge on any atom is -0.350 e. The summed E-state index contributed by atoms with van der Waals surface area (Å²) in [7, 11) is 0. The van der Waals surface area contributed by atoms with Crippen LogP contribution in [0.25, 0.3) is 10.9 Å². The van der Waals surface area contributed by atoms with Crippen LogP contribution < -0.4 is 10.6 Å². The second-order valence-corrected chi connectivity index (χ2v) is 6.72. The molecule has 1 unspecified atom stereocenters. The SMILES string of the molecule is Cc1ccc2cc(C(=O)NC(C)C(=O)NCc3ccccc3)c(C)nc2c1. The van der Waals surface area contributed by atoms with E-state index in [1.807, 2.05) is 61.5 Å². The van der Waals surface area contributed by atoms with Gasteiger partial charge in [-0.15, -0.1) is 0 Å². The van der Waals surface area contributed by atoms with Gasteiger partial charge in [-0.05, 0) is 44.0 Å². The summed E-state index contributed by atoms with van der Waals surface area (Å²) in [6.07, 6.45) is 0. The van der Waals surface area contributed by atoms with Gasteiger partial charge in [0.15, 0.2) is 0 Å². The third-order valence-corrected chi connectivity index (χ3v) is 4.46. The van der Waals surface area contributed by atoms with Gasteiger partial charge in [0, 0.05) is 11.9 Å². The van der Waals surface area contributed by atoms with Gasteiger partial charge in [0.05, 0.1) is 16.8 Å². The second-order valence-electron chi connectivity index (χ2n) is 6.72. The van der Waals surface area contributed by atoms with Crippen LogP contribution in [0.1, 0.15) is 34.1 Å². The topological polar surface area (TPSA) is 71.1 Å². The van der Waals surface area contributed by atoms with Crippen molar-refractivity contribution in [3.63, 3.8) is 0 Å². The summed E-state index contributed by atoms with van der Waals surface area (Å²) < 4.78 is 0.